The molecule has 1 aliphatic rings. The number of halogens is 3. The SMILES string of the molecule is CN(C)Cc1ccccc1-c1ccc(NC(=O)n2c(=O)[nH]c3c(C(F)(F)F)nn(-c4cccc(C5=NC(=O)N=N5)c4)c3c2=O)cc1. The largest absolute Gasteiger partial charge is 0.437 e. The number of rotatable bonds is 6. The molecule has 2 aromatic heterocycles. The van der Waals surface area contributed by atoms with Gasteiger partial charge in [-0.2, -0.15) is 27.8 Å². The van der Waals surface area contributed by atoms with E-state index >= 15 is 0 Å². The standard InChI is InChI=1S/C30H22F3N9O4/c1-40(2)15-18-6-3-4-9-21(18)16-10-12-19(13-11-16)34-28(45)41-26(43)23-22(35-29(41)46)24(30(31,32)33)39-42(23)20-8-5-7-17(14-20)25-36-27(44)38-37-25/h3-14H,15H2,1-2H3,(H,34,45)(H,35,46). The molecule has 232 valence electrons. The number of H-pyrrole nitrogens is 1. The normalized spacial score (nSPS) is 13.1. The average molecular weight is 630 g/mol. The molecule has 5 aromatic rings. The highest BCUT2D eigenvalue weighted by Gasteiger charge is 2.39. The van der Waals surface area contributed by atoms with E-state index in [1.165, 1.54) is 24.3 Å². The van der Waals surface area contributed by atoms with Crippen molar-refractivity contribution < 1.29 is 22.8 Å². The molecule has 3 aromatic carbocycles. The minimum absolute atomic E-state index is 0.0727. The lowest BCUT2D eigenvalue weighted by Crippen LogP contribution is -2.42. The number of hydrogen-bond donors (Lipinski definition) is 2. The quantitative estimate of drug-likeness (QED) is 0.268. The maximum atomic E-state index is 14.0. The van der Waals surface area contributed by atoms with Crippen LogP contribution < -0.4 is 16.6 Å². The zero-order valence-corrected chi connectivity index (χ0v) is 24.0. The summed E-state index contributed by atoms with van der Waals surface area (Å²) in [6.07, 6.45) is -5.08. The van der Waals surface area contributed by atoms with Gasteiger partial charge in [0.25, 0.3) is 5.56 Å². The maximum Gasteiger partial charge on any atom is 0.437 e. The van der Waals surface area contributed by atoms with E-state index in [4.69, 9.17) is 0 Å². The smallest absolute Gasteiger partial charge is 0.307 e. The molecule has 6 rings (SSSR count). The van der Waals surface area contributed by atoms with Gasteiger partial charge in [-0.05, 0) is 55.1 Å². The Bertz CT molecular complexity index is 2210. The molecule has 0 aliphatic carbocycles. The Morgan fingerprint density at radius 1 is 0.935 bits per heavy atom. The Balaban J connectivity index is 1.39. The number of aromatic nitrogens is 4. The first-order valence-electron chi connectivity index (χ1n) is 13.6. The summed E-state index contributed by atoms with van der Waals surface area (Å²) in [5.74, 6) is -0.100. The van der Waals surface area contributed by atoms with Gasteiger partial charge in [0.1, 0.15) is 5.52 Å². The van der Waals surface area contributed by atoms with Gasteiger partial charge in [0.2, 0.25) is 0 Å². The van der Waals surface area contributed by atoms with Crippen molar-refractivity contribution in [3.05, 3.63) is 110 Å². The zero-order chi connectivity index (χ0) is 32.7. The second-order valence-corrected chi connectivity index (χ2v) is 10.4. The molecule has 0 unspecified atom stereocenters. The van der Waals surface area contributed by atoms with E-state index < -0.39 is 46.2 Å². The molecule has 0 radical (unpaired) electrons. The summed E-state index contributed by atoms with van der Waals surface area (Å²) in [6, 6.07) is 17.9. The highest BCUT2D eigenvalue weighted by molar-refractivity contribution is 6.08. The molecule has 0 saturated heterocycles. The fourth-order valence-corrected chi connectivity index (χ4v) is 4.98. The van der Waals surface area contributed by atoms with Gasteiger partial charge in [-0.3, -0.25) is 4.79 Å². The van der Waals surface area contributed by atoms with Crippen LogP contribution in [0, 0.1) is 0 Å². The van der Waals surface area contributed by atoms with Crippen LogP contribution in [0.5, 0.6) is 0 Å². The van der Waals surface area contributed by atoms with Gasteiger partial charge in [-0.25, -0.2) is 19.1 Å². The van der Waals surface area contributed by atoms with Gasteiger partial charge < -0.3 is 15.2 Å². The number of carbonyl (C=O) groups is 2. The molecule has 0 saturated carbocycles. The molecule has 0 spiro atoms. The summed E-state index contributed by atoms with van der Waals surface area (Å²) in [7, 11) is 3.90. The van der Waals surface area contributed by atoms with Crippen molar-refractivity contribution in [2.75, 3.05) is 19.4 Å². The van der Waals surface area contributed by atoms with Crippen molar-refractivity contribution in [2.45, 2.75) is 12.7 Å². The first kappa shape index (κ1) is 30.0. The Morgan fingerprint density at radius 3 is 2.35 bits per heavy atom. The van der Waals surface area contributed by atoms with Crippen molar-refractivity contribution in [2.24, 2.45) is 15.2 Å². The second-order valence-electron chi connectivity index (χ2n) is 10.4. The summed E-state index contributed by atoms with van der Waals surface area (Å²) >= 11 is 0. The number of amidine groups is 1. The minimum Gasteiger partial charge on any atom is -0.307 e. The number of azo groups is 1. The molecule has 1 aliphatic heterocycles. The Morgan fingerprint density at radius 2 is 1.67 bits per heavy atom. The van der Waals surface area contributed by atoms with Gasteiger partial charge in [0.15, 0.2) is 17.0 Å². The van der Waals surface area contributed by atoms with Crippen molar-refractivity contribution in [1.82, 2.24) is 24.2 Å². The van der Waals surface area contributed by atoms with Gasteiger partial charge in [-0.1, -0.05) is 53.6 Å². The number of anilines is 1. The predicted molar refractivity (Wildman–Crippen MR) is 161 cm³/mol. The molecular formula is C30H22F3N9O4. The van der Waals surface area contributed by atoms with E-state index in [2.05, 4.69) is 25.6 Å². The van der Waals surface area contributed by atoms with Crippen molar-refractivity contribution in [3.8, 4) is 16.8 Å². The number of aromatic amines is 1. The van der Waals surface area contributed by atoms with Crippen LogP contribution in [0.15, 0.2) is 97.6 Å². The molecule has 0 fully saturated rings. The molecule has 3 amide bonds. The molecule has 3 heterocycles. The van der Waals surface area contributed by atoms with Crippen molar-refractivity contribution in [3.63, 3.8) is 0 Å². The summed E-state index contributed by atoms with van der Waals surface area (Å²) in [5.41, 5.74) is -2.69. The van der Waals surface area contributed by atoms with Crippen LogP contribution in [0.1, 0.15) is 16.8 Å². The predicted octanol–water partition coefficient (Wildman–Crippen LogP) is 5.04. The molecule has 0 atom stereocenters. The van der Waals surface area contributed by atoms with E-state index in [1.54, 1.807) is 24.3 Å². The lowest BCUT2D eigenvalue weighted by Gasteiger charge is -2.15. The Kier molecular flexibility index (Phi) is 7.49. The molecule has 2 N–H and O–H groups in total. The number of hydrogen-bond acceptors (Lipinski definition) is 7. The van der Waals surface area contributed by atoms with E-state index in [0.717, 1.165) is 16.7 Å². The number of alkyl halides is 3. The highest BCUT2D eigenvalue weighted by Crippen LogP contribution is 2.33. The van der Waals surface area contributed by atoms with Gasteiger partial charge in [-0.15, -0.1) is 5.11 Å². The Hall–Kier alpha value is -6.03. The zero-order valence-electron chi connectivity index (χ0n) is 24.0. The first-order valence-corrected chi connectivity index (χ1v) is 13.6. The fourth-order valence-electron chi connectivity index (χ4n) is 4.98. The third-order valence-electron chi connectivity index (χ3n) is 6.93. The monoisotopic (exact) mass is 629 g/mol. The van der Waals surface area contributed by atoms with Crippen LogP contribution in [0.25, 0.3) is 27.8 Å². The molecule has 13 nitrogen and oxygen atoms in total. The van der Waals surface area contributed by atoms with E-state index in [0.29, 0.717) is 11.2 Å². The maximum absolute atomic E-state index is 14.0. The van der Waals surface area contributed by atoms with Crippen LogP contribution in [0.4, 0.5) is 28.4 Å². The lowest BCUT2D eigenvalue weighted by atomic mass is 9.99. The third kappa shape index (κ3) is 5.63. The van der Waals surface area contributed by atoms with Crippen molar-refractivity contribution in [1.29, 1.82) is 0 Å². The van der Waals surface area contributed by atoms with E-state index in [-0.39, 0.29) is 27.3 Å². The number of fused-ring (bicyclic) bond motifs is 1. The Labute approximate surface area is 256 Å². The van der Waals surface area contributed by atoms with Crippen LogP contribution in [0.3, 0.4) is 0 Å². The summed E-state index contributed by atoms with van der Waals surface area (Å²) in [5, 5.41) is 12.9. The number of aliphatic imine (C=N–C) groups is 1. The number of nitrogens with zero attached hydrogens (tertiary/aromatic N) is 7. The molecular weight excluding hydrogens is 607 g/mol. The topological polar surface area (TPSA) is 159 Å². The average Bonchev–Trinajstić information content (AvgIpc) is 3.62. The number of amides is 3. The fraction of sp³-hybridized carbons (Fsp3) is 0.133. The molecule has 0 bridgehead atoms. The second kappa shape index (κ2) is 11.5. The number of benzene rings is 3. The third-order valence-corrected chi connectivity index (χ3v) is 6.93. The highest BCUT2D eigenvalue weighted by atomic mass is 19.4. The summed E-state index contributed by atoms with van der Waals surface area (Å²) in [6.45, 7) is 0.694. The molecule has 46 heavy (non-hydrogen) atoms. The number of urea groups is 1. The van der Waals surface area contributed by atoms with Gasteiger partial charge in [0.05, 0.1) is 5.69 Å². The van der Waals surface area contributed by atoms with Gasteiger partial charge >= 0.3 is 23.9 Å². The molecule has 16 heteroatoms. The van der Waals surface area contributed by atoms with Crippen molar-refractivity contribution >= 4 is 34.6 Å². The van der Waals surface area contributed by atoms with Gasteiger partial charge in [0, 0.05) is 17.8 Å². The van der Waals surface area contributed by atoms with E-state index in [9.17, 15) is 32.3 Å². The summed E-state index contributed by atoms with van der Waals surface area (Å²) < 4.78 is 42.8. The summed E-state index contributed by atoms with van der Waals surface area (Å²) in [4.78, 5) is 58.8. The minimum atomic E-state index is -5.08. The van der Waals surface area contributed by atoms with Crippen LogP contribution in [-0.4, -0.2) is 56.2 Å². The lowest BCUT2D eigenvalue weighted by molar-refractivity contribution is -0.140. The first-order chi connectivity index (χ1) is 21.9. The number of carbonyl (C=O) groups excluding carboxylic acids is 2. The van der Waals surface area contributed by atoms with Crippen LogP contribution >= 0.6 is 0 Å². The number of nitrogens with one attached hydrogen (secondary N) is 2. The van der Waals surface area contributed by atoms with Crippen LogP contribution in [-0.2, 0) is 12.7 Å². The van der Waals surface area contributed by atoms with Crippen LogP contribution in [0.2, 0.25) is 0 Å². The van der Waals surface area contributed by atoms with E-state index in [1.807, 2.05) is 48.2 Å².